The number of hydrogen-bond acceptors (Lipinski definition) is 4. The zero-order valence-electron chi connectivity index (χ0n) is 11.7. The molecule has 3 rings (SSSR count). The van der Waals surface area contributed by atoms with E-state index in [0.717, 1.165) is 5.70 Å². The molecule has 8 heteroatoms. The Labute approximate surface area is 126 Å². The number of nitrogens with zero attached hydrogens (tertiary/aromatic N) is 3. The summed E-state index contributed by atoms with van der Waals surface area (Å²) in [7, 11) is 0. The van der Waals surface area contributed by atoms with E-state index < -0.39 is 11.4 Å². The molecule has 2 aliphatic rings. The van der Waals surface area contributed by atoms with Crippen LogP contribution in [0.2, 0.25) is 0 Å². The molecule has 1 aliphatic heterocycles. The quantitative estimate of drug-likeness (QED) is 0.785. The molecule has 3 amide bonds. The number of primary amides is 1. The lowest BCUT2D eigenvalue weighted by atomic mass is 9.85. The van der Waals surface area contributed by atoms with E-state index in [9.17, 15) is 14.4 Å². The summed E-state index contributed by atoms with van der Waals surface area (Å²) in [6.45, 7) is 0. The van der Waals surface area contributed by atoms with Gasteiger partial charge in [-0.05, 0) is 12.2 Å². The number of carbonyl (C=O) groups is 3. The minimum atomic E-state index is -1.00. The van der Waals surface area contributed by atoms with Gasteiger partial charge in [-0.1, -0.05) is 6.08 Å². The van der Waals surface area contributed by atoms with Gasteiger partial charge in [0.15, 0.2) is 5.54 Å². The van der Waals surface area contributed by atoms with Crippen LogP contribution >= 0.6 is 0 Å². The standard InChI is InChI=1S/C14H15N5O3/c15-11(20)1-2-12(21)19-14(13(22)17-19)5-3-10(4-6-14)18-8-7-16-9-18/h3-5,7-9H,1-2,6H2,(H2,15,20)(H,17,22)/t14-/m1/s1. The fourth-order valence-corrected chi connectivity index (χ4v) is 2.53. The van der Waals surface area contributed by atoms with E-state index in [1.807, 2.05) is 10.6 Å². The van der Waals surface area contributed by atoms with Crippen molar-refractivity contribution in [2.75, 3.05) is 0 Å². The molecule has 1 spiro atoms. The molecule has 0 aromatic carbocycles. The van der Waals surface area contributed by atoms with Crippen LogP contribution in [0, 0.1) is 0 Å². The van der Waals surface area contributed by atoms with Crippen LogP contribution in [0.1, 0.15) is 19.3 Å². The van der Waals surface area contributed by atoms with Gasteiger partial charge in [0.2, 0.25) is 11.8 Å². The second-order valence-electron chi connectivity index (χ2n) is 5.20. The first kappa shape index (κ1) is 14.1. The number of aromatic nitrogens is 2. The van der Waals surface area contributed by atoms with Gasteiger partial charge in [-0.15, -0.1) is 0 Å². The van der Waals surface area contributed by atoms with Crippen molar-refractivity contribution in [2.24, 2.45) is 5.73 Å². The van der Waals surface area contributed by atoms with Crippen molar-refractivity contribution >= 4 is 23.4 Å². The van der Waals surface area contributed by atoms with E-state index in [4.69, 9.17) is 5.73 Å². The molecule has 1 fully saturated rings. The van der Waals surface area contributed by atoms with E-state index >= 15 is 0 Å². The molecule has 1 saturated heterocycles. The summed E-state index contributed by atoms with van der Waals surface area (Å²) in [6, 6.07) is 0. The van der Waals surface area contributed by atoms with Gasteiger partial charge in [0.1, 0.15) is 0 Å². The highest BCUT2D eigenvalue weighted by molar-refractivity contribution is 6.01. The summed E-state index contributed by atoms with van der Waals surface area (Å²) in [6.07, 6.45) is 10.8. The summed E-state index contributed by atoms with van der Waals surface area (Å²) in [5, 5.41) is 1.27. The number of hydrogen-bond donors (Lipinski definition) is 2. The van der Waals surface area contributed by atoms with Crippen LogP contribution < -0.4 is 11.2 Å². The van der Waals surface area contributed by atoms with Crippen molar-refractivity contribution in [1.29, 1.82) is 0 Å². The molecule has 0 radical (unpaired) electrons. The Bertz CT molecular complexity index is 691. The zero-order valence-corrected chi connectivity index (χ0v) is 11.7. The highest BCUT2D eigenvalue weighted by Crippen LogP contribution is 2.34. The van der Waals surface area contributed by atoms with E-state index in [0.29, 0.717) is 6.42 Å². The second kappa shape index (κ2) is 5.14. The van der Waals surface area contributed by atoms with Gasteiger partial charge in [0.05, 0.1) is 6.33 Å². The average Bonchev–Trinajstić information content (AvgIpc) is 3.04. The molecule has 1 aromatic heterocycles. The molecule has 3 N–H and O–H groups in total. The molecule has 2 heterocycles. The van der Waals surface area contributed by atoms with Crippen LogP contribution in [0.3, 0.4) is 0 Å². The third-order valence-corrected chi connectivity index (χ3v) is 3.79. The van der Waals surface area contributed by atoms with Gasteiger partial charge < -0.3 is 10.3 Å². The second-order valence-corrected chi connectivity index (χ2v) is 5.20. The van der Waals surface area contributed by atoms with Crippen molar-refractivity contribution in [2.45, 2.75) is 24.8 Å². The number of nitrogens with one attached hydrogen (secondary N) is 1. The number of rotatable bonds is 4. The fraction of sp³-hybridized carbons (Fsp3) is 0.286. The maximum Gasteiger partial charge on any atom is 0.270 e. The van der Waals surface area contributed by atoms with Crippen LogP contribution in [-0.2, 0) is 14.4 Å². The van der Waals surface area contributed by atoms with Crippen molar-refractivity contribution in [3.63, 3.8) is 0 Å². The maximum absolute atomic E-state index is 12.1. The predicted molar refractivity (Wildman–Crippen MR) is 76.4 cm³/mol. The Morgan fingerprint density at radius 2 is 2.23 bits per heavy atom. The molecule has 114 valence electrons. The van der Waals surface area contributed by atoms with Crippen LogP contribution in [0.25, 0.3) is 5.70 Å². The molecular formula is C14H15N5O3. The Morgan fingerprint density at radius 3 is 2.77 bits per heavy atom. The number of amides is 3. The average molecular weight is 301 g/mol. The van der Waals surface area contributed by atoms with Crippen LogP contribution in [0.5, 0.6) is 0 Å². The third-order valence-electron chi connectivity index (χ3n) is 3.79. The van der Waals surface area contributed by atoms with E-state index in [1.165, 1.54) is 5.01 Å². The van der Waals surface area contributed by atoms with Crippen molar-refractivity contribution in [3.8, 4) is 0 Å². The van der Waals surface area contributed by atoms with Gasteiger partial charge >= 0.3 is 0 Å². The molecule has 22 heavy (non-hydrogen) atoms. The van der Waals surface area contributed by atoms with Crippen molar-refractivity contribution in [3.05, 3.63) is 36.9 Å². The van der Waals surface area contributed by atoms with Crippen LogP contribution in [0.4, 0.5) is 0 Å². The number of allylic oxidation sites excluding steroid dienone is 2. The third kappa shape index (κ3) is 2.18. The molecule has 0 saturated carbocycles. The number of imidazole rings is 1. The fourth-order valence-electron chi connectivity index (χ4n) is 2.53. The Hall–Kier alpha value is -2.90. The Morgan fingerprint density at radius 1 is 1.41 bits per heavy atom. The van der Waals surface area contributed by atoms with Gasteiger partial charge in [-0.3, -0.25) is 19.8 Å². The van der Waals surface area contributed by atoms with Crippen molar-refractivity contribution < 1.29 is 14.4 Å². The molecule has 0 unspecified atom stereocenters. The van der Waals surface area contributed by atoms with Crippen molar-refractivity contribution in [1.82, 2.24) is 20.0 Å². The molecular weight excluding hydrogens is 286 g/mol. The Balaban J connectivity index is 1.73. The normalized spacial score (nSPS) is 23.0. The smallest absolute Gasteiger partial charge is 0.270 e. The van der Waals surface area contributed by atoms with Gasteiger partial charge in [0, 0.05) is 37.4 Å². The van der Waals surface area contributed by atoms with Crippen LogP contribution in [-0.4, -0.2) is 37.8 Å². The SMILES string of the molecule is NC(=O)CCC(=O)N1NC(=O)[C@]12C=CC(n1ccnc1)=CC2. The Kier molecular flexibility index (Phi) is 3.28. The largest absolute Gasteiger partial charge is 0.370 e. The first-order chi connectivity index (χ1) is 10.5. The lowest BCUT2D eigenvalue weighted by Crippen LogP contribution is -2.76. The van der Waals surface area contributed by atoms with E-state index in [1.54, 1.807) is 30.9 Å². The number of nitrogens with two attached hydrogens (primary N) is 1. The minimum absolute atomic E-state index is 0.0245. The summed E-state index contributed by atoms with van der Waals surface area (Å²) < 4.78 is 1.82. The number of carbonyl (C=O) groups excluding carboxylic acids is 3. The molecule has 8 nitrogen and oxygen atoms in total. The molecule has 1 atom stereocenters. The summed E-state index contributed by atoms with van der Waals surface area (Å²) in [5.74, 6) is -1.12. The molecule has 0 bridgehead atoms. The minimum Gasteiger partial charge on any atom is -0.370 e. The molecule has 1 aliphatic carbocycles. The van der Waals surface area contributed by atoms with Gasteiger partial charge in [-0.2, -0.15) is 0 Å². The summed E-state index contributed by atoms with van der Waals surface area (Å²) in [5.41, 5.74) is 7.39. The highest BCUT2D eigenvalue weighted by Gasteiger charge is 2.54. The first-order valence-corrected chi connectivity index (χ1v) is 6.83. The molecule has 1 aromatic rings. The predicted octanol–water partition coefficient (Wildman–Crippen LogP) is -0.438. The van der Waals surface area contributed by atoms with Gasteiger partial charge in [-0.25, -0.2) is 9.99 Å². The monoisotopic (exact) mass is 301 g/mol. The zero-order chi connectivity index (χ0) is 15.7. The van der Waals surface area contributed by atoms with Gasteiger partial charge in [0.25, 0.3) is 5.91 Å². The van der Waals surface area contributed by atoms with Crippen LogP contribution in [0.15, 0.2) is 36.9 Å². The maximum atomic E-state index is 12.1. The highest BCUT2D eigenvalue weighted by atomic mass is 16.2. The summed E-state index contributed by atoms with van der Waals surface area (Å²) >= 11 is 0. The topological polar surface area (TPSA) is 110 Å². The summed E-state index contributed by atoms with van der Waals surface area (Å²) in [4.78, 5) is 38.8. The lowest BCUT2D eigenvalue weighted by molar-refractivity contribution is -0.171. The first-order valence-electron chi connectivity index (χ1n) is 6.83. The van der Waals surface area contributed by atoms with E-state index in [-0.39, 0.29) is 24.7 Å². The van der Waals surface area contributed by atoms with E-state index in [2.05, 4.69) is 10.4 Å². The number of hydrazine groups is 1. The lowest BCUT2D eigenvalue weighted by Gasteiger charge is -2.49.